The number of amides is 1. The first-order valence-electron chi connectivity index (χ1n) is 11.1. The van der Waals surface area contributed by atoms with Crippen molar-refractivity contribution in [3.63, 3.8) is 0 Å². The van der Waals surface area contributed by atoms with E-state index in [-0.39, 0.29) is 23.8 Å². The number of nitrogens with zero attached hydrogens (tertiary/aromatic N) is 1. The number of methoxy groups -OCH3 is 2. The van der Waals surface area contributed by atoms with E-state index in [4.69, 9.17) is 9.47 Å². The zero-order chi connectivity index (χ0) is 24.0. The quantitative estimate of drug-likeness (QED) is 0.439. The van der Waals surface area contributed by atoms with Gasteiger partial charge in [0, 0.05) is 17.3 Å². The number of thiophene rings is 1. The van der Waals surface area contributed by atoms with E-state index in [1.807, 2.05) is 34.5 Å². The van der Waals surface area contributed by atoms with Gasteiger partial charge in [-0.1, -0.05) is 18.2 Å². The molecule has 0 radical (unpaired) electrons. The Kier molecular flexibility index (Phi) is 5.80. The molecule has 3 atom stereocenters. The van der Waals surface area contributed by atoms with Gasteiger partial charge in [-0.15, -0.1) is 11.3 Å². The fourth-order valence-corrected chi connectivity index (χ4v) is 5.76. The Labute approximate surface area is 199 Å². The van der Waals surface area contributed by atoms with Crippen LogP contribution in [0.3, 0.4) is 0 Å². The van der Waals surface area contributed by atoms with Crippen molar-refractivity contribution in [2.24, 2.45) is 5.92 Å². The second-order valence-electron chi connectivity index (χ2n) is 8.67. The minimum atomic E-state index is -4.36. The Hall–Kier alpha value is -3.00. The summed E-state index contributed by atoms with van der Waals surface area (Å²) in [7, 11) is 3.20. The first kappa shape index (κ1) is 22.8. The molecular formula is C26H24F3NO3S. The number of fused-ring (bicyclic) bond motifs is 1. The molecule has 1 aliphatic heterocycles. The molecule has 1 saturated carbocycles. The largest absolute Gasteiger partial charge is 0.493 e. The molecule has 0 unspecified atom stereocenters. The lowest BCUT2D eigenvalue weighted by Gasteiger charge is -2.37. The molecule has 2 heterocycles. The van der Waals surface area contributed by atoms with Gasteiger partial charge < -0.3 is 14.4 Å². The van der Waals surface area contributed by atoms with Crippen LogP contribution in [0.15, 0.2) is 53.9 Å². The van der Waals surface area contributed by atoms with Gasteiger partial charge in [0.25, 0.3) is 0 Å². The average molecular weight is 488 g/mol. The summed E-state index contributed by atoms with van der Waals surface area (Å²) < 4.78 is 49.7. The van der Waals surface area contributed by atoms with Crippen LogP contribution in [0, 0.1) is 5.92 Å². The second-order valence-corrected chi connectivity index (χ2v) is 9.65. The van der Waals surface area contributed by atoms with Crippen LogP contribution >= 0.6 is 11.3 Å². The third-order valence-electron chi connectivity index (χ3n) is 6.74. The van der Waals surface area contributed by atoms with E-state index in [2.05, 4.69) is 0 Å². The van der Waals surface area contributed by atoms with Crippen molar-refractivity contribution in [2.75, 3.05) is 20.8 Å². The summed E-state index contributed by atoms with van der Waals surface area (Å²) in [5.74, 6) is 1.05. The lowest BCUT2D eigenvalue weighted by molar-refractivity contribution is -0.137. The van der Waals surface area contributed by atoms with Crippen LogP contribution in [0.25, 0.3) is 0 Å². The van der Waals surface area contributed by atoms with E-state index in [9.17, 15) is 18.0 Å². The van der Waals surface area contributed by atoms with E-state index >= 15 is 0 Å². The Morgan fingerprint density at radius 1 is 1.06 bits per heavy atom. The van der Waals surface area contributed by atoms with Gasteiger partial charge in [-0.25, -0.2) is 0 Å². The van der Waals surface area contributed by atoms with E-state index in [1.165, 1.54) is 12.1 Å². The van der Waals surface area contributed by atoms with Crippen molar-refractivity contribution in [3.05, 3.63) is 81.0 Å². The van der Waals surface area contributed by atoms with Crippen LogP contribution in [0.4, 0.5) is 13.2 Å². The van der Waals surface area contributed by atoms with E-state index in [0.29, 0.717) is 30.9 Å². The van der Waals surface area contributed by atoms with Crippen molar-refractivity contribution in [3.8, 4) is 11.5 Å². The topological polar surface area (TPSA) is 38.8 Å². The third-order valence-corrected chi connectivity index (χ3v) is 7.67. The summed E-state index contributed by atoms with van der Waals surface area (Å²) in [6.07, 6.45) is -3.02. The molecule has 2 aliphatic rings. The molecule has 0 N–H and O–H groups in total. The maximum absolute atomic E-state index is 13.7. The maximum atomic E-state index is 13.7. The first-order chi connectivity index (χ1) is 16.3. The number of hydrogen-bond acceptors (Lipinski definition) is 4. The van der Waals surface area contributed by atoms with Crippen LogP contribution in [0.1, 0.15) is 45.5 Å². The Morgan fingerprint density at radius 3 is 2.38 bits per heavy atom. The molecular weight excluding hydrogens is 463 g/mol. The molecule has 8 heteroatoms. The minimum Gasteiger partial charge on any atom is -0.493 e. The Balaban J connectivity index is 1.43. The molecule has 34 heavy (non-hydrogen) atoms. The lowest BCUT2D eigenvalue weighted by atomic mass is 9.90. The van der Waals surface area contributed by atoms with Gasteiger partial charge in [0.1, 0.15) is 0 Å². The summed E-state index contributed by atoms with van der Waals surface area (Å²) in [5.41, 5.74) is 2.25. The highest BCUT2D eigenvalue weighted by molar-refractivity contribution is 7.10. The van der Waals surface area contributed by atoms with Crippen LogP contribution in [-0.4, -0.2) is 31.6 Å². The van der Waals surface area contributed by atoms with Crippen LogP contribution in [0.5, 0.6) is 11.5 Å². The number of alkyl halides is 3. The molecule has 1 aromatic heterocycles. The predicted molar refractivity (Wildman–Crippen MR) is 123 cm³/mol. The smallest absolute Gasteiger partial charge is 0.416 e. The predicted octanol–water partition coefficient (Wildman–Crippen LogP) is 6.06. The zero-order valence-corrected chi connectivity index (χ0v) is 19.6. The van der Waals surface area contributed by atoms with Crippen LogP contribution in [-0.2, 0) is 17.4 Å². The summed E-state index contributed by atoms with van der Waals surface area (Å²) in [5, 5.41) is 2.00. The molecule has 1 fully saturated rings. The fraction of sp³-hybridized carbons (Fsp3) is 0.346. The fourth-order valence-electron chi connectivity index (χ4n) is 4.91. The first-order valence-corrected chi connectivity index (χ1v) is 12.0. The summed E-state index contributed by atoms with van der Waals surface area (Å²) in [6.45, 7) is 0.570. The Bertz CT molecular complexity index is 1190. The summed E-state index contributed by atoms with van der Waals surface area (Å²) >= 11 is 1.60. The van der Waals surface area contributed by atoms with Crippen molar-refractivity contribution in [1.82, 2.24) is 4.90 Å². The van der Waals surface area contributed by atoms with Crippen LogP contribution in [0.2, 0.25) is 0 Å². The molecule has 0 bridgehead atoms. The van der Waals surface area contributed by atoms with E-state index in [0.717, 1.165) is 33.7 Å². The minimum absolute atomic E-state index is 0.0451. The van der Waals surface area contributed by atoms with Gasteiger partial charge >= 0.3 is 6.18 Å². The number of rotatable bonds is 5. The number of benzene rings is 2. The van der Waals surface area contributed by atoms with Gasteiger partial charge in [0.15, 0.2) is 11.5 Å². The van der Waals surface area contributed by atoms with E-state index in [1.54, 1.807) is 25.6 Å². The Morgan fingerprint density at radius 2 is 1.76 bits per heavy atom. The van der Waals surface area contributed by atoms with Crippen molar-refractivity contribution in [1.29, 1.82) is 0 Å². The summed E-state index contributed by atoms with van der Waals surface area (Å²) in [4.78, 5) is 16.6. The number of ether oxygens (including phenoxy) is 2. The zero-order valence-electron chi connectivity index (χ0n) is 18.8. The summed E-state index contributed by atoms with van der Waals surface area (Å²) in [6, 6.07) is 12.9. The normalized spacial score (nSPS) is 21.7. The second kappa shape index (κ2) is 8.65. The number of carbonyl (C=O) groups is 1. The highest BCUT2D eigenvalue weighted by atomic mass is 32.1. The molecule has 3 aromatic rings. The van der Waals surface area contributed by atoms with Gasteiger partial charge in [0.05, 0.1) is 25.8 Å². The van der Waals surface area contributed by atoms with Crippen molar-refractivity contribution < 1.29 is 27.4 Å². The number of halogens is 3. The van der Waals surface area contributed by atoms with Gasteiger partial charge in [0.2, 0.25) is 5.91 Å². The third kappa shape index (κ3) is 4.04. The van der Waals surface area contributed by atoms with Gasteiger partial charge in [-0.3, -0.25) is 4.79 Å². The lowest BCUT2D eigenvalue weighted by Crippen LogP contribution is -2.41. The van der Waals surface area contributed by atoms with Crippen molar-refractivity contribution in [2.45, 2.75) is 31.0 Å². The van der Waals surface area contributed by atoms with Gasteiger partial charge in [-0.2, -0.15) is 13.2 Å². The monoisotopic (exact) mass is 487 g/mol. The number of carbonyl (C=O) groups excluding carboxylic acids is 1. The highest BCUT2D eigenvalue weighted by Crippen LogP contribution is 2.51. The van der Waals surface area contributed by atoms with E-state index < -0.39 is 11.7 Å². The molecule has 1 amide bonds. The SMILES string of the molecule is COc1cc2c(cc1OC)[C@H](c1cccs1)N(C(=O)[C@H]1C[C@H]1c1ccc(C(F)(F)F)cc1)CC2. The molecule has 0 saturated heterocycles. The molecule has 1 aliphatic carbocycles. The molecule has 0 spiro atoms. The maximum Gasteiger partial charge on any atom is 0.416 e. The molecule has 4 nitrogen and oxygen atoms in total. The average Bonchev–Trinajstić information content (AvgIpc) is 3.46. The van der Waals surface area contributed by atoms with Crippen molar-refractivity contribution >= 4 is 17.2 Å². The van der Waals surface area contributed by atoms with Crippen LogP contribution < -0.4 is 9.47 Å². The standard InChI is InChI=1S/C26H24F3NO3S/c1-32-21-12-16-9-10-30(24(23-4-3-11-34-23)19(16)14-22(21)33-2)25(31)20-13-18(20)15-5-7-17(8-6-15)26(27,28)29/h3-8,11-12,14,18,20,24H,9-10,13H2,1-2H3/t18-,20-,24+/m0/s1. The molecule has 178 valence electrons. The number of hydrogen-bond donors (Lipinski definition) is 0. The van der Waals surface area contributed by atoms with Gasteiger partial charge in [-0.05, 0) is 71.2 Å². The molecule has 2 aromatic carbocycles. The highest BCUT2D eigenvalue weighted by Gasteiger charge is 2.48. The molecule has 5 rings (SSSR count).